The number of carbonyl (C=O) groups excluding carboxylic acids is 2. The van der Waals surface area contributed by atoms with E-state index in [4.69, 9.17) is 22.2 Å². The number of hydrogen-bond donors (Lipinski definition) is 1. The Balaban J connectivity index is 1.66. The maximum absolute atomic E-state index is 13.1. The molecule has 0 aromatic heterocycles. The Morgan fingerprint density at radius 3 is 2.72 bits per heavy atom. The van der Waals surface area contributed by atoms with Crippen LogP contribution in [0.25, 0.3) is 0 Å². The van der Waals surface area contributed by atoms with Crippen LogP contribution in [0.4, 0.5) is 5.69 Å². The lowest BCUT2D eigenvalue weighted by atomic mass is 9.83. The number of anilines is 1. The van der Waals surface area contributed by atoms with Crippen LogP contribution in [-0.2, 0) is 4.79 Å². The van der Waals surface area contributed by atoms with E-state index in [1.54, 1.807) is 19.2 Å². The van der Waals surface area contributed by atoms with Crippen LogP contribution in [0, 0.1) is 5.92 Å². The van der Waals surface area contributed by atoms with E-state index in [1.165, 1.54) is 9.91 Å². The van der Waals surface area contributed by atoms with Crippen molar-refractivity contribution in [2.45, 2.75) is 18.9 Å². The molecule has 4 heterocycles. The Labute approximate surface area is 151 Å². The van der Waals surface area contributed by atoms with Gasteiger partial charge in [0, 0.05) is 18.6 Å². The van der Waals surface area contributed by atoms with Gasteiger partial charge in [-0.1, -0.05) is 11.6 Å². The summed E-state index contributed by atoms with van der Waals surface area (Å²) in [6, 6.07) is 3.18. The minimum atomic E-state index is -0.319. The molecule has 5 rings (SSSR count). The zero-order valence-electron chi connectivity index (χ0n) is 14.1. The number of fused-ring (bicyclic) bond motifs is 4. The van der Waals surface area contributed by atoms with E-state index in [-0.39, 0.29) is 24.5 Å². The number of hydrazine groups is 1. The van der Waals surface area contributed by atoms with Crippen molar-refractivity contribution in [3.8, 4) is 5.75 Å². The number of amides is 2. The molecule has 4 aliphatic rings. The number of benzene rings is 1. The molecule has 134 valence electrons. The van der Waals surface area contributed by atoms with E-state index < -0.39 is 0 Å². The van der Waals surface area contributed by atoms with Gasteiger partial charge in [-0.15, -0.1) is 0 Å². The molecule has 8 heteroatoms. The number of nitrogens with zero attached hydrogens (tertiary/aromatic N) is 3. The van der Waals surface area contributed by atoms with Gasteiger partial charge < -0.3 is 14.5 Å². The summed E-state index contributed by atoms with van der Waals surface area (Å²) < 4.78 is 5.55. The van der Waals surface area contributed by atoms with Crippen LogP contribution < -0.4 is 15.5 Å². The zero-order valence-corrected chi connectivity index (χ0v) is 14.8. The number of carbonyl (C=O) groups is 2. The third-order valence-corrected chi connectivity index (χ3v) is 5.77. The Hall–Kier alpha value is -1.83. The highest BCUT2D eigenvalue weighted by atomic mass is 35.5. The van der Waals surface area contributed by atoms with Crippen molar-refractivity contribution in [2.75, 3.05) is 38.2 Å². The van der Waals surface area contributed by atoms with Gasteiger partial charge in [0.2, 0.25) is 0 Å². The first-order valence-electron chi connectivity index (χ1n) is 8.49. The second-order valence-corrected chi connectivity index (χ2v) is 7.40. The fourth-order valence-corrected chi connectivity index (χ4v) is 4.26. The molecule has 0 unspecified atom stereocenters. The monoisotopic (exact) mass is 364 g/mol. The first-order valence-corrected chi connectivity index (χ1v) is 8.87. The number of halogens is 1. The first-order chi connectivity index (χ1) is 12.0. The van der Waals surface area contributed by atoms with Crippen LogP contribution in [0.1, 0.15) is 23.2 Å². The van der Waals surface area contributed by atoms with Crippen LogP contribution >= 0.6 is 11.6 Å². The average molecular weight is 365 g/mol. The topological polar surface area (TPSA) is 79.1 Å². The third kappa shape index (κ3) is 2.76. The Bertz CT molecular complexity index is 733. The maximum Gasteiger partial charge on any atom is 0.271 e. The Kier molecular flexibility index (Phi) is 4.10. The zero-order chi connectivity index (χ0) is 17.7. The molecule has 4 aliphatic heterocycles. The molecule has 3 saturated heterocycles. The quantitative estimate of drug-likeness (QED) is 0.483. The summed E-state index contributed by atoms with van der Waals surface area (Å²) in [6.07, 6.45) is 2.13. The Morgan fingerprint density at radius 1 is 1.36 bits per heavy atom. The SMILES string of the molecule is CN1C(=O)COc2c(C(=O)N(N)[C@H]3CN4CCC3CC4)cc(Cl)cc21. The van der Waals surface area contributed by atoms with Gasteiger partial charge in [0.05, 0.1) is 17.3 Å². The van der Waals surface area contributed by atoms with Crippen LogP contribution in [0.3, 0.4) is 0 Å². The second-order valence-electron chi connectivity index (χ2n) is 6.96. The summed E-state index contributed by atoms with van der Waals surface area (Å²) in [7, 11) is 1.64. The highest BCUT2D eigenvalue weighted by molar-refractivity contribution is 6.31. The molecule has 1 aromatic carbocycles. The molecule has 2 amide bonds. The largest absolute Gasteiger partial charge is 0.481 e. The van der Waals surface area contributed by atoms with Crippen molar-refractivity contribution in [1.82, 2.24) is 9.91 Å². The molecule has 2 N–H and O–H groups in total. The minimum Gasteiger partial charge on any atom is -0.481 e. The molecule has 0 aliphatic carbocycles. The van der Waals surface area contributed by atoms with Gasteiger partial charge in [-0.2, -0.15) is 0 Å². The second kappa shape index (κ2) is 6.16. The fraction of sp³-hybridized carbons (Fsp3) is 0.529. The number of rotatable bonds is 2. The van der Waals surface area contributed by atoms with Gasteiger partial charge in [0.15, 0.2) is 12.4 Å². The first kappa shape index (κ1) is 16.6. The van der Waals surface area contributed by atoms with Crippen molar-refractivity contribution in [3.05, 3.63) is 22.7 Å². The van der Waals surface area contributed by atoms with Crippen LogP contribution in [0.2, 0.25) is 5.02 Å². The summed E-state index contributed by atoms with van der Waals surface area (Å²) in [4.78, 5) is 28.7. The Morgan fingerprint density at radius 2 is 2.08 bits per heavy atom. The van der Waals surface area contributed by atoms with Crippen LogP contribution in [0.5, 0.6) is 5.75 Å². The van der Waals surface area contributed by atoms with Crippen LogP contribution in [-0.4, -0.2) is 61.1 Å². The van der Waals surface area contributed by atoms with E-state index in [1.807, 2.05) is 0 Å². The molecule has 2 bridgehead atoms. The predicted octanol–water partition coefficient (Wildman–Crippen LogP) is 1.11. The van der Waals surface area contributed by atoms with Gasteiger partial charge in [-0.05, 0) is 44.0 Å². The molecule has 3 fully saturated rings. The lowest BCUT2D eigenvalue weighted by molar-refractivity contribution is -0.121. The number of ether oxygens (including phenoxy) is 1. The molecule has 1 aromatic rings. The maximum atomic E-state index is 13.1. The normalized spacial score (nSPS) is 27.7. The molecule has 0 spiro atoms. The smallest absolute Gasteiger partial charge is 0.271 e. The van der Waals surface area contributed by atoms with Crippen molar-refractivity contribution in [2.24, 2.45) is 11.8 Å². The lowest BCUT2D eigenvalue weighted by Crippen LogP contribution is -2.60. The number of piperidine rings is 3. The highest BCUT2D eigenvalue weighted by Crippen LogP contribution is 2.39. The van der Waals surface area contributed by atoms with E-state index in [2.05, 4.69) is 4.90 Å². The van der Waals surface area contributed by atoms with Crippen molar-refractivity contribution >= 4 is 29.1 Å². The van der Waals surface area contributed by atoms with E-state index in [0.29, 0.717) is 27.9 Å². The summed E-state index contributed by atoms with van der Waals surface area (Å²) in [5, 5.41) is 1.71. The van der Waals surface area contributed by atoms with E-state index >= 15 is 0 Å². The fourth-order valence-electron chi connectivity index (χ4n) is 4.04. The molecule has 7 nitrogen and oxygen atoms in total. The number of hydrogen-bond acceptors (Lipinski definition) is 5. The summed E-state index contributed by atoms with van der Waals surface area (Å²) in [5.41, 5.74) is 0.801. The molecule has 1 atom stereocenters. The molecule has 0 saturated carbocycles. The van der Waals surface area contributed by atoms with Crippen LogP contribution in [0.15, 0.2) is 12.1 Å². The van der Waals surface area contributed by atoms with Gasteiger partial charge in [0.1, 0.15) is 0 Å². The number of nitrogens with two attached hydrogens (primary N) is 1. The van der Waals surface area contributed by atoms with Gasteiger partial charge >= 0.3 is 0 Å². The van der Waals surface area contributed by atoms with Crippen molar-refractivity contribution < 1.29 is 14.3 Å². The van der Waals surface area contributed by atoms with E-state index in [9.17, 15) is 9.59 Å². The molecule has 25 heavy (non-hydrogen) atoms. The average Bonchev–Trinajstić information content (AvgIpc) is 2.64. The highest BCUT2D eigenvalue weighted by Gasteiger charge is 2.40. The van der Waals surface area contributed by atoms with Crippen molar-refractivity contribution in [1.29, 1.82) is 0 Å². The molecular formula is C17H21ClN4O3. The molecular weight excluding hydrogens is 344 g/mol. The van der Waals surface area contributed by atoms with E-state index in [0.717, 1.165) is 32.5 Å². The summed E-state index contributed by atoms with van der Waals surface area (Å²) >= 11 is 6.18. The summed E-state index contributed by atoms with van der Waals surface area (Å²) in [6.45, 7) is 2.85. The number of likely N-dealkylation sites (N-methyl/N-ethyl adjacent to an activating group) is 1. The van der Waals surface area contributed by atoms with Gasteiger partial charge in [-0.3, -0.25) is 14.6 Å². The lowest BCUT2D eigenvalue weighted by Gasteiger charge is -2.47. The standard InChI is InChI=1S/C17H21ClN4O3/c1-20-13-7-11(18)6-12(16(13)25-9-15(20)23)17(24)22(19)14-8-21-4-2-10(14)3-5-21/h6-7,10,14H,2-5,8-9,19H2,1H3/t14-/m0/s1. The third-order valence-electron chi connectivity index (χ3n) is 5.55. The van der Waals surface area contributed by atoms with Gasteiger partial charge in [0.25, 0.3) is 11.8 Å². The van der Waals surface area contributed by atoms with Gasteiger partial charge in [-0.25, -0.2) is 5.84 Å². The van der Waals surface area contributed by atoms with Crippen molar-refractivity contribution in [3.63, 3.8) is 0 Å². The predicted molar refractivity (Wildman–Crippen MR) is 93.7 cm³/mol. The molecule has 0 radical (unpaired) electrons. The minimum absolute atomic E-state index is 0.00687. The summed E-state index contributed by atoms with van der Waals surface area (Å²) in [5.74, 6) is 6.53.